The lowest BCUT2D eigenvalue weighted by Crippen LogP contribution is -2.20. The van der Waals surface area contributed by atoms with Gasteiger partial charge in [0.25, 0.3) is 0 Å². The van der Waals surface area contributed by atoms with Crippen molar-refractivity contribution in [2.45, 2.75) is 12.5 Å². The summed E-state index contributed by atoms with van der Waals surface area (Å²) < 4.78 is 13.7. The van der Waals surface area contributed by atoms with E-state index in [2.05, 4.69) is 15.3 Å². The first-order chi connectivity index (χ1) is 8.72. The van der Waals surface area contributed by atoms with E-state index in [9.17, 15) is 4.39 Å². The van der Waals surface area contributed by atoms with Gasteiger partial charge in [0.15, 0.2) is 0 Å². The number of aromatic nitrogens is 2. The number of halogens is 2. The molecule has 18 heavy (non-hydrogen) atoms. The molecule has 1 heterocycles. The Bertz CT molecular complexity index is 499. The lowest BCUT2D eigenvalue weighted by atomic mass is 10.0. The minimum atomic E-state index is -0.299. The van der Waals surface area contributed by atoms with Gasteiger partial charge in [0.1, 0.15) is 5.82 Å². The third-order valence-electron chi connectivity index (χ3n) is 2.76. The van der Waals surface area contributed by atoms with Crippen LogP contribution in [0.1, 0.15) is 17.3 Å². The molecule has 2 aromatic rings. The van der Waals surface area contributed by atoms with Crippen LogP contribution >= 0.6 is 11.6 Å². The quantitative estimate of drug-likeness (QED) is 0.924. The van der Waals surface area contributed by atoms with Crippen molar-refractivity contribution in [3.05, 3.63) is 58.9 Å². The highest BCUT2D eigenvalue weighted by molar-refractivity contribution is 6.31. The van der Waals surface area contributed by atoms with Crippen LogP contribution in [0.5, 0.6) is 0 Å². The Labute approximate surface area is 110 Å². The molecule has 0 spiro atoms. The Morgan fingerprint density at radius 2 is 2.22 bits per heavy atom. The molecule has 0 fully saturated rings. The van der Waals surface area contributed by atoms with Gasteiger partial charge in [-0.25, -0.2) is 4.39 Å². The van der Waals surface area contributed by atoms with E-state index in [4.69, 9.17) is 11.6 Å². The molecular formula is C13H13ClFN3. The topological polar surface area (TPSA) is 37.8 Å². The smallest absolute Gasteiger partial charge is 0.127 e. The zero-order chi connectivity index (χ0) is 13.0. The molecule has 1 atom stereocenters. The summed E-state index contributed by atoms with van der Waals surface area (Å²) in [5, 5.41) is 3.52. The van der Waals surface area contributed by atoms with E-state index >= 15 is 0 Å². The minimum Gasteiger partial charge on any atom is -0.311 e. The molecular weight excluding hydrogens is 253 g/mol. The highest BCUT2D eigenvalue weighted by Crippen LogP contribution is 2.24. The van der Waals surface area contributed by atoms with Crippen LogP contribution in [0.25, 0.3) is 0 Å². The second kappa shape index (κ2) is 5.89. The monoisotopic (exact) mass is 265 g/mol. The molecule has 2 rings (SSSR count). The normalized spacial score (nSPS) is 12.4. The highest BCUT2D eigenvalue weighted by atomic mass is 35.5. The average Bonchev–Trinajstić information content (AvgIpc) is 2.40. The molecule has 94 valence electrons. The Kier molecular flexibility index (Phi) is 4.23. The van der Waals surface area contributed by atoms with Gasteiger partial charge in [-0.05, 0) is 25.6 Å². The van der Waals surface area contributed by atoms with Gasteiger partial charge >= 0.3 is 0 Å². The van der Waals surface area contributed by atoms with Crippen LogP contribution < -0.4 is 5.32 Å². The van der Waals surface area contributed by atoms with E-state index < -0.39 is 0 Å². The average molecular weight is 266 g/mol. The summed E-state index contributed by atoms with van der Waals surface area (Å²) >= 11 is 6.01. The van der Waals surface area contributed by atoms with Crippen molar-refractivity contribution in [3.8, 4) is 0 Å². The molecule has 1 aromatic heterocycles. The first kappa shape index (κ1) is 12.9. The number of nitrogens with zero attached hydrogens (tertiary/aromatic N) is 2. The molecule has 1 unspecified atom stereocenters. The van der Waals surface area contributed by atoms with Crippen molar-refractivity contribution < 1.29 is 4.39 Å². The van der Waals surface area contributed by atoms with Gasteiger partial charge in [-0.3, -0.25) is 9.97 Å². The molecule has 1 N–H and O–H groups in total. The summed E-state index contributed by atoms with van der Waals surface area (Å²) in [6, 6.07) is 4.57. The number of hydrogen-bond donors (Lipinski definition) is 1. The van der Waals surface area contributed by atoms with Gasteiger partial charge in [0.05, 0.1) is 11.7 Å². The fraction of sp³-hybridized carbons (Fsp3) is 0.231. The molecule has 3 nitrogen and oxygen atoms in total. The van der Waals surface area contributed by atoms with Gasteiger partial charge in [0, 0.05) is 29.2 Å². The Morgan fingerprint density at radius 3 is 2.83 bits per heavy atom. The predicted molar refractivity (Wildman–Crippen MR) is 68.9 cm³/mol. The number of benzene rings is 1. The number of hydrogen-bond acceptors (Lipinski definition) is 3. The summed E-state index contributed by atoms with van der Waals surface area (Å²) in [4.78, 5) is 8.23. The van der Waals surface area contributed by atoms with E-state index in [1.165, 1.54) is 6.07 Å². The maximum absolute atomic E-state index is 13.7. The molecule has 0 bridgehead atoms. The first-order valence-corrected chi connectivity index (χ1v) is 5.96. The minimum absolute atomic E-state index is 0.118. The van der Waals surface area contributed by atoms with Crippen molar-refractivity contribution in [3.63, 3.8) is 0 Å². The summed E-state index contributed by atoms with van der Waals surface area (Å²) in [7, 11) is 1.80. The largest absolute Gasteiger partial charge is 0.311 e. The SMILES string of the molecule is CNC(Cc1c(F)cccc1Cl)c1cnccn1. The summed E-state index contributed by atoms with van der Waals surface area (Å²) in [5.41, 5.74) is 1.25. The van der Waals surface area contributed by atoms with E-state index in [0.29, 0.717) is 17.0 Å². The number of nitrogens with one attached hydrogen (secondary N) is 1. The fourth-order valence-electron chi connectivity index (χ4n) is 1.78. The maximum Gasteiger partial charge on any atom is 0.127 e. The van der Waals surface area contributed by atoms with Crippen LogP contribution in [-0.4, -0.2) is 17.0 Å². The third kappa shape index (κ3) is 2.83. The van der Waals surface area contributed by atoms with Crippen molar-refractivity contribution in [1.82, 2.24) is 15.3 Å². The molecule has 0 saturated carbocycles. The van der Waals surface area contributed by atoms with Gasteiger partial charge in [-0.1, -0.05) is 17.7 Å². The van der Waals surface area contributed by atoms with Crippen molar-refractivity contribution in [2.24, 2.45) is 0 Å². The molecule has 0 aliphatic carbocycles. The molecule has 0 aliphatic rings. The van der Waals surface area contributed by atoms with Gasteiger partial charge < -0.3 is 5.32 Å². The molecule has 0 saturated heterocycles. The van der Waals surface area contributed by atoms with E-state index in [0.717, 1.165) is 5.69 Å². The molecule has 0 radical (unpaired) electrons. The zero-order valence-corrected chi connectivity index (χ0v) is 10.7. The van der Waals surface area contributed by atoms with Crippen molar-refractivity contribution in [1.29, 1.82) is 0 Å². The molecule has 1 aromatic carbocycles. The zero-order valence-electron chi connectivity index (χ0n) is 9.90. The van der Waals surface area contributed by atoms with Gasteiger partial charge in [-0.15, -0.1) is 0 Å². The number of rotatable bonds is 4. The van der Waals surface area contributed by atoms with Gasteiger partial charge in [-0.2, -0.15) is 0 Å². The second-order valence-corrected chi connectivity index (χ2v) is 4.28. The van der Waals surface area contributed by atoms with Crippen molar-refractivity contribution in [2.75, 3.05) is 7.05 Å². The summed E-state index contributed by atoms with van der Waals surface area (Å²) in [6.45, 7) is 0. The lowest BCUT2D eigenvalue weighted by molar-refractivity contribution is 0.543. The van der Waals surface area contributed by atoms with Crippen LogP contribution in [0.15, 0.2) is 36.8 Å². The van der Waals surface area contributed by atoms with E-state index in [1.807, 2.05) is 0 Å². The summed E-state index contributed by atoms with van der Waals surface area (Å²) in [5.74, 6) is -0.299. The van der Waals surface area contributed by atoms with Crippen LogP contribution in [0.3, 0.4) is 0 Å². The molecule has 0 amide bonds. The Balaban J connectivity index is 2.26. The van der Waals surface area contributed by atoms with Gasteiger partial charge in [0.2, 0.25) is 0 Å². The standard InChI is InChI=1S/C13H13ClFN3/c1-16-12(13-8-17-5-6-18-13)7-9-10(14)3-2-4-11(9)15/h2-6,8,12,16H,7H2,1H3. The number of likely N-dealkylation sites (N-methyl/N-ethyl adjacent to an activating group) is 1. The third-order valence-corrected chi connectivity index (χ3v) is 3.11. The second-order valence-electron chi connectivity index (χ2n) is 3.88. The molecule has 5 heteroatoms. The highest BCUT2D eigenvalue weighted by Gasteiger charge is 2.16. The Hall–Kier alpha value is -1.52. The predicted octanol–water partition coefficient (Wildman–Crippen LogP) is 2.77. The first-order valence-electron chi connectivity index (χ1n) is 5.58. The Morgan fingerprint density at radius 1 is 1.39 bits per heavy atom. The van der Waals surface area contributed by atoms with Crippen molar-refractivity contribution >= 4 is 11.6 Å². The fourth-order valence-corrected chi connectivity index (χ4v) is 2.02. The summed E-state index contributed by atoms with van der Waals surface area (Å²) in [6.07, 6.45) is 5.31. The van der Waals surface area contributed by atoms with Crippen LogP contribution in [-0.2, 0) is 6.42 Å². The molecule has 0 aliphatic heterocycles. The lowest BCUT2D eigenvalue weighted by Gasteiger charge is -2.16. The van der Waals surface area contributed by atoms with Crippen LogP contribution in [0, 0.1) is 5.82 Å². The van der Waals surface area contributed by atoms with E-state index in [1.54, 1.807) is 37.8 Å². The van der Waals surface area contributed by atoms with Crippen LogP contribution in [0.4, 0.5) is 4.39 Å². The maximum atomic E-state index is 13.7. The van der Waals surface area contributed by atoms with E-state index in [-0.39, 0.29) is 11.9 Å². The van der Waals surface area contributed by atoms with Crippen LogP contribution in [0.2, 0.25) is 5.02 Å².